The summed E-state index contributed by atoms with van der Waals surface area (Å²) < 4.78 is 2.48. The van der Waals surface area contributed by atoms with Gasteiger partial charge in [-0.1, -0.05) is 232 Å². The van der Waals surface area contributed by atoms with E-state index in [1.165, 1.54) is 237 Å². The highest BCUT2D eigenvalue weighted by molar-refractivity contribution is 5.78. The maximum absolute atomic E-state index is 12.4. The molecule has 1 aliphatic rings. The molecule has 0 saturated heterocycles. The molecule has 0 radical (unpaired) electrons. The van der Waals surface area contributed by atoms with E-state index in [0.29, 0.717) is 6.42 Å². The Morgan fingerprint density at radius 2 is 0.800 bits per heavy atom. The minimum atomic E-state index is 0.249. The molecule has 1 rings (SSSR count). The highest BCUT2D eigenvalue weighted by Crippen LogP contribution is 2.16. The Bertz CT molecular complexity index is 735. The zero-order valence-electron chi connectivity index (χ0n) is 34.6. The number of nitrogens with one attached hydrogen (secondary N) is 2. The van der Waals surface area contributed by atoms with Crippen LogP contribution in [0.25, 0.3) is 0 Å². The number of hydrogen-bond donors (Lipinski definition) is 2. The highest BCUT2D eigenvalue weighted by atomic mass is 16.1. The Morgan fingerprint density at radius 1 is 0.480 bits per heavy atom. The van der Waals surface area contributed by atoms with Gasteiger partial charge in [0.25, 0.3) is 0 Å². The fraction of sp³-hybridized carbons (Fsp3) is 0.957. The van der Waals surface area contributed by atoms with Crippen molar-refractivity contribution in [1.29, 1.82) is 0 Å². The average Bonchev–Trinajstić information content (AvgIpc) is 3.57. The van der Waals surface area contributed by atoms with Crippen LogP contribution in [0.2, 0.25) is 0 Å². The predicted octanol–water partition coefficient (Wildman–Crippen LogP) is 14.0. The summed E-state index contributed by atoms with van der Waals surface area (Å²) in [5, 5.41) is 6.81. The average molecular weight is 703 g/mol. The Hall–Kier alpha value is -1.06. The van der Waals surface area contributed by atoms with Gasteiger partial charge in [0.1, 0.15) is 19.6 Å². The largest absolute Gasteiger partial charge is 0.352 e. The van der Waals surface area contributed by atoms with Gasteiger partial charge in [-0.2, -0.15) is 0 Å². The topological polar surface area (TPSA) is 44.1 Å². The molecule has 0 aromatic carbocycles. The number of unbranched alkanes of at least 4 members (excludes halogenated alkanes) is 34. The molecule has 0 spiro atoms. The monoisotopic (exact) mass is 703 g/mol. The molecule has 0 aromatic heterocycles. The van der Waals surface area contributed by atoms with Crippen LogP contribution in [0.4, 0.5) is 0 Å². The van der Waals surface area contributed by atoms with Gasteiger partial charge < -0.3 is 5.32 Å². The van der Waals surface area contributed by atoms with E-state index in [1.54, 1.807) is 0 Å². The maximum atomic E-state index is 12.4. The first-order valence-corrected chi connectivity index (χ1v) is 23.4. The molecule has 0 saturated carbocycles. The van der Waals surface area contributed by atoms with E-state index in [1.807, 2.05) is 0 Å². The van der Waals surface area contributed by atoms with Crippen molar-refractivity contribution in [2.45, 2.75) is 258 Å². The van der Waals surface area contributed by atoms with E-state index >= 15 is 0 Å². The van der Waals surface area contributed by atoms with E-state index in [2.05, 4.69) is 29.1 Å². The van der Waals surface area contributed by atoms with Gasteiger partial charge in [-0.15, -0.1) is 0 Å². The molecule has 0 aliphatic carbocycles. The summed E-state index contributed by atoms with van der Waals surface area (Å²) in [5.74, 6) is 1.66. The van der Waals surface area contributed by atoms with Crippen LogP contribution >= 0.6 is 0 Å². The molecule has 4 heteroatoms. The van der Waals surface area contributed by atoms with Crippen molar-refractivity contribution in [2.24, 2.45) is 0 Å². The minimum absolute atomic E-state index is 0.249. The van der Waals surface area contributed by atoms with Crippen LogP contribution in [0, 0.1) is 0 Å². The number of rotatable bonds is 41. The van der Waals surface area contributed by atoms with Crippen molar-refractivity contribution >= 4 is 11.7 Å². The summed E-state index contributed by atoms with van der Waals surface area (Å²) in [7, 11) is 0. The fourth-order valence-electron chi connectivity index (χ4n) is 7.88. The van der Waals surface area contributed by atoms with Crippen molar-refractivity contribution in [1.82, 2.24) is 10.6 Å². The molecule has 0 bridgehead atoms. The third-order valence-corrected chi connectivity index (χ3v) is 11.3. The minimum Gasteiger partial charge on any atom is -0.352 e. The third-order valence-electron chi connectivity index (χ3n) is 11.3. The first-order valence-electron chi connectivity index (χ1n) is 23.4. The second-order valence-corrected chi connectivity index (χ2v) is 16.2. The lowest BCUT2D eigenvalue weighted by atomic mass is 10.0. The van der Waals surface area contributed by atoms with E-state index in [-0.39, 0.29) is 5.91 Å². The number of amides is 1. The second kappa shape index (κ2) is 39.2. The van der Waals surface area contributed by atoms with Gasteiger partial charge in [-0.25, -0.2) is 0 Å². The first-order chi connectivity index (χ1) is 24.8. The summed E-state index contributed by atoms with van der Waals surface area (Å²) in [4.78, 5) is 12.4. The third kappa shape index (κ3) is 32.8. The standard InChI is InChI=1S/C46H91N3O/c1-3-5-7-9-11-13-15-17-19-21-23-25-27-29-31-33-35-37-39-45-47-41-43-49(45)44-42-48-46(50)40-38-36-34-32-30-28-26-24-22-20-18-16-14-12-10-8-6-4-2/h3-44H2,1-2H3,(H,48,50)/p+1. The molecule has 296 valence electrons. The molecule has 50 heavy (non-hydrogen) atoms. The van der Waals surface area contributed by atoms with Crippen LogP contribution in [0.15, 0.2) is 0 Å². The normalized spacial score (nSPS) is 13.0. The molecule has 1 aliphatic heterocycles. The molecule has 0 unspecified atom stereocenters. The zero-order valence-corrected chi connectivity index (χ0v) is 34.6. The van der Waals surface area contributed by atoms with Crippen molar-refractivity contribution < 1.29 is 9.37 Å². The Morgan fingerprint density at radius 3 is 1.16 bits per heavy atom. The van der Waals surface area contributed by atoms with Crippen LogP contribution in [0.3, 0.4) is 0 Å². The van der Waals surface area contributed by atoms with Gasteiger partial charge in [-0.05, 0) is 12.8 Å². The summed E-state index contributed by atoms with van der Waals surface area (Å²) in [6, 6.07) is 0. The lowest BCUT2D eigenvalue weighted by Crippen LogP contribution is -2.32. The molecular formula is C46H92N3O+. The number of amidine groups is 1. The molecule has 0 fully saturated rings. The Balaban J connectivity index is 1.83. The molecule has 2 N–H and O–H groups in total. The van der Waals surface area contributed by atoms with E-state index in [9.17, 15) is 4.79 Å². The van der Waals surface area contributed by atoms with Crippen molar-refractivity contribution in [2.75, 3.05) is 26.2 Å². The van der Waals surface area contributed by atoms with E-state index < -0.39 is 0 Å². The van der Waals surface area contributed by atoms with Crippen molar-refractivity contribution in [3.63, 3.8) is 0 Å². The first kappa shape index (κ1) is 47.0. The summed E-state index contributed by atoms with van der Waals surface area (Å²) in [6.45, 7) is 8.48. The second-order valence-electron chi connectivity index (χ2n) is 16.2. The lowest BCUT2D eigenvalue weighted by molar-refractivity contribution is -0.517. The van der Waals surface area contributed by atoms with Crippen LogP contribution in [0.1, 0.15) is 258 Å². The molecule has 1 amide bonds. The van der Waals surface area contributed by atoms with E-state index in [0.717, 1.165) is 32.6 Å². The quantitative estimate of drug-likeness (QED) is 0.0492. The van der Waals surface area contributed by atoms with Gasteiger partial charge >= 0.3 is 0 Å². The Kier molecular flexibility index (Phi) is 36.8. The van der Waals surface area contributed by atoms with Gasteiger partial charge in [0, 0.05) is 12.8 Å². The molecule has 4 nitrogen and oxygen atoms in total. The highest BCUT2D eigenvalue weighted by Gasteiger charge is 2.19. The molecule has 1 heterocycles. The SMILES string of the molecule is CCCCCCCCCCCCCCCCCCCCC(=O)NCC[N+]1=C(CCCCCCCCCCCCCCCCCCCC)NCC1. The number of nitrogens with zero attached hydrogens (tertiary/aromatic N) is 1. The summed E-state index contributed by atoms with van der Waals surface area (Å²) >= 11 is 0. The van der Waals surface area contributed by atoms with Crippen LogP contribution in [0.5, 0.6) is 0 Å². The molecule has 0 aromatic rings. The predicted molar refractivity (Wildman–Crippen MR) is 223 cm³/mol. The zero-order chi connectivity index (χ0) is 35.8. The Labute approximate surface area is 315 Å². The number of carbonyl (C=O) groups excluding carboxylic acids is 1. The number of carbonyl (C=O) groups is 1. The van der Waals surface area contributed by atoms with Crippen LogP contribution in [-0.2, 0) is 4.79 Å². The van der Waals surface area contributed by atoms with Crippen LogP contribution in [-0.4, -0.2) is 42.5 Å². The lowest BCUT2D eigenvalue weighted by Gasteiger charge is -2.07. The maximum Gasteiger partial charge on any atom is 0.244 e. The summed E-state index contributed by atoms with van der Waals surface area (Å²) in [5.41, 5.74) is 0. The fourth-order valence-corrected chi connectivity index (χ4v) is 7.88. The van der Waals surface area contributed by atoms with Crippen molar-refractivity contribution in [3.05, 3.63) is 0 Å². The smallest absolute Gasteiger partial charge is 0.244 e. The molecular weight excluding hydrogens is 611 g/mol. The van der Waals surface area contributed by atoms with Gasteiger partial charge in [0.05, 0.1) is 6.54 Å². The summed E-state index contributed by atoms with van der Waals surface area (Å²) in [6.07, 6.45) is 52.5. The number of hydrogen-bond acceptors (Lipinski definition) is 2. The van der Waals surface area contributed by atoms with E-state index in [4.69, 9.17) is 0 Å². The molecule has 0 atom stereocenters. The van der Waals surface area contributed by atoms with Crippen molar-refractivity contribution in [3.8, 4) is 0 Å². The van der Waals surface area contributed by atoms with Crippen LogP contribution < -0.4 is 10.6 Å². The van der Waals surface area contributed by atoms with Gasteiger partial charge in [0.2, 0.25) is 11.7 Å². The van der Waals surface area contributed by atoms with Gasteiger partial charge in [0.15, 0.2) is 0 Å². The van der Waals surface area contributed by atoms with Gasteiger partial charge in [-0.3, -0.25) is 14.7 Å².